The van der Waals surface area contributed by atoms with Gasteiger partial charge in [-0.05, 0) is 43.9 Å². The molecular formula is C19H25N3O6S. The molecule has 2 amide bonds. The van der Waals surface area contributed by atoms with Crippen LogP contribution in [-0.2, 0) is 24.3 Å². The zero-order valence-electron chi connectivity index (χ0n) is 16.3. The van der Waals surface area contributed by atoms with Crippen molar-refractivity contribution in [1.29, 1.82) is 0 Å². The van der Waals surface area contributed by atoms with Gasteiger partial charge >= 0.3 is 5.97 Å². The van der Waals surface area contributed by atoms with Gasteiger partial charge in [-0.1, -0.05) is 6.07 Å². The third-order valence-corrected chi connectivity index (χ3v) is 6.65. The van der Waals surface area contributed by atoms with Crippen LogP contribution in [0.1, 0.15) is 30.1 Å². The number of sulfonamides is 1. The van der Waals surface area contributed by atoms with E-state index in [9.17, 15) is 22.8 Å². The highest BCUT2D eigenvalue weighted by atomic mass is 32.2. The van der Waals surface area contributed by atoms with Crippen LogP contribution in [0.5, 0.6) is 0 Å². The maximum atomic E-state index is 13.0. The van der Waals surface area contributed by atoms with E-state index in [4.69, 9.17) is 4.74 Å². The Kier molecular flexibility index (Phi) is 6.53. The van der Waals surface area contributed by atoms with Gasteiger partial charge in [-0.15, -0.1) is 0 Å². The van der Waals surface area contributed by atoms with E-state index >= 15 is 0 Å². The van der Waals surface area contributed by atoms with Crippen LogP contribution in [0.25, 0.3) is 0 Å². The first-order valence-corrected chi connectivity index (χ1v) is 11.1. The number of nitrogens with one attached hydrogen (secondary N) is 1. The second-order valence-electron chi connectivity index (χ2n) is 7.15. The maximum absolute atomic E-state index is 13.0. The highest BCUT2D eigenvalue weighted by Gasteiger charge is 2.31. The van der Waals surface area contributed by atoms with Crippen molar-refractivity contribution in [3.8, 4) is 0 Å². The fraction of sp³-hybridized carbons (Fsp3) is 0.526. The molecular weight excluding hydrogens is 398 g/mol. The largest absolute Gasteiger partial charge is 0.465 e. The molecule has 158 valence electrons. The summed E-state index contributed by atoms with van der Waals surface area (Å²) in [7, 11) is -3.91. The van der Waals surface area contributed by atoms with E-state index in [2.05, 4.69) is 5.32 Å². The summed E-state index contributed by atoms with van der Waals surface area (Å²) in [5, 5.41) is 2.58. The molecule has 1 N–H and O–H groups in total. The predicted molar refractivity (Wildman–Crippen MR) is 103 cm³/mol. The summed E-state index contributed by atoms with van der Waals surface area (Å²) in [6.07, 6.45) is 2.00. The normalized spacial score (nSPS) is 17.5. The van der Waals surface area contributed by atoms with Crippen molar-refractivity contribution in [3.63, 3.8) is 0 Å². The van der Waals surface area contributed by atoms with Gasteiger partial charge in [0.15, 0.2) is 0 Å². The Morgan fingerprint density at radius 2 is 2.07 bits per heavy atom. The first-order valence-electron chi connectivity index (χ1n) is 9.63. The first-order chi connectivity index (χ1) is 13.8. The molecule has 3 rings (SSSR count). The van der Waals surface area contributed by atoms with Gasteiger partial charge in [0.2, 0.25) is 15.9 Å². The second kappa shape index (κ2) is 8.91. The number of carbonyl (C=O) groups excluding carboxylic acids is 3. The van der Waals surface area contributed by atoms with Gasteiger partial charge in [0.05, 0.1) is 18.0 Å². The molecule has 9 nitrogen and oxygen atoms in total. The quantitative estimate of drug-likeness (QED) is 0.599. The maximum Gasteiger partial charge on any atom is 0.325 e. The van der Waals surface area contributed by atoms with Crippen molar-refractivity contribution >= 4 is 27.8 Å². The number of carbonyl (C=O) groups is 3. The molecule has 10 heteroatoms. The Balaban J connectivity index is 1.81. The third-order valence-electron chi connectivity index (χ3n) is 4.81. The molecule has 1 saturated heterocycles. The number of hydrogen-bond acceptors (Lipinski definition) is 6. The second-order valence-corrected chi connectivity index (χ2v) is 9.09. The number of rotatable bonds is 8. The lowest BCUT2D eigenvalue weighted by molar-refractivity contribution is -0.143. The van der Waals surface area contributed by atoms with Crippen LogP contribution in [0.15, 0.2) is 29.2 Å². The highest BCUT2D eigenvalue weighted by molar-refractivity contribution is 7.89. The number of amides is 2. The highest BCUT2D eigenvalue weighted by Crippen LogP contribution is 2.30. The van der Waals surface area contributed by atoms with E-state index in [0.29, 0.717) is 12.5 Å². The fourth-order valence-corrected chi connectivity index (χ4v) is 4.58. The van der Waals surface area contributed by atoms with Crippen molar-refractivity contribution in [1.82, 2.24) is 14.5 Å². The van der Waals surface area contributed by atoms with Gasteiger partial charge < -0.3 is 15.0 Å². The van der Waals surface area contributed by atoms with Crippen molar-refractivity contribution in [3.05, 3.63) is 29.8 Å². The van der Waals surface area contributed by atoms with Crippen LogP contribution in [0, 0.1) is 5.92 Å². The minimum absolute atomic E-state index is 0.0550. The lowest BCUT2D eigenvalue weighted by Crippen LogP contribution is -2.49. The average molecular weight is 423 g/mol. The molecule has 0 atom stereocenters. The number of nitrogens with zero attached hydrogens (tertiary/aromatic N) is 2. The monoisotopic (exact) mass is 423 g/mol. The summed E-state index contributed by atoms with van der Waals surface area (Å²) in [5.41, 5.74) is 0.178. The molecule has 1 aliphatic heterocycles. The summed E-state index contributed by atoms with van der Waals surface area (Å²) in [6.45, 7) is 2.33. The first kappa shape index (κ1) is 21.3. The van der Waals surface area contributed by atoms with E-state index in [1.54, 1.807) is 6.92 Å². The molecule has 0 bridgehead atoms. The fourth-order valence-electron chi connectivity index (χ4n) is 3.14. The average Bonchev–Trinajstić information content (AvgIpc) is 3.51. The van der Waals surface area contributed by atoms with E-state index in [1.165, 1.54) is 29.2 Å². The van der Waals surface area contributed by atoms with Gasteiger partial charge in [0, 0.05) is 25.2 Å². The topological polar surface area (TPSA) is 113 Å². The molecule has 0 unspecified atom stereocenters. The van der Waals surface area contributed by atoms with Crippen LogP contribution in [0.2, 0.25) is 0 Å². The molecule has 29 heavy (non-hydrogen) atoms. The van der Waals surface area contributed by atoms with Crippen molar-refractivity contribution in [2.24, 2.45) is 5.92 Å². The van der Waals surface area contributed by atoms with Gasteiger partial charge in [0.25, 0.3) is 5.91 Å². The predicted octanol–water partition coefficient (Wildman–Crippen LogP) is 0.222. The molecule has 1 saturated carbocycles. The zero-order chi connectivity index (χ0) is 21.0. The summed E-state index contributed by atoms with van der Waals surface area (Å²) in [5.74, 6) is -0.924. The van der Waals surface area contributed by atoms with Gasteiger partial charge in [0.1, 0.15) is 6.54 Å². The van der Waals surface area contributed by atoms with Gasteiger partial charge in [-0.2, -0.15) is 4.31 Å². The van der Waals surface area contributed by atoms with E-state index < -0.39 is 21.9 Å². The molecule has 1 aromatic rings. The van der Waals surface area contributed by atoms with E-state index in [0.717, 1.165) is 17.1 Å². The van der Waals surface area contributed by atoms with E-state index in [1.807, 2.05) is 0 Å². The number of piperazine rings is 1. The third kappa shape index (κ3) is 5.33. The smallest absolute Gasteiger partial charge is 0.325 e. The molecule has 0 spiro atoms. The van der Waals surface area contributed by atoms with Crippen LogP contribution in [-0.4, -0.2) is 74.7 Å². The molecule has 1 aliphatic carbocycles. The summed E-state index contributed by atoms with van der Waals surface area (Å²) in [6, 6.07) is 5.71. The Bertz CT molecular complexity index is 897. The van der Waals surface area contributed by atoms with Crippen molar-refractivity contribution in [2.75, 3.05) is 39.3 Å². The number of hydrogen-bond donors (Lipinski definition) is 1. The van der Waals surface area contributed by atoms with Crippen molar-refractivity contribution in [2.45, 2.75) is 24.7 Å². The molecule has 1 aromatic carbocycles. The van der Waals surface area contributed by atoms with E-state index in [-0.39, 0.29) is 49.2 Å². The zero-order valence-corrected chi connectivity index (χ0v) is 17.1. The van der Waals surface area contributed by atoms with Gasteiger partial charge in [-0.25, -0.2) is 8.42 Å². The van der Waals surface area contributed by atoms with Crippen molar-refractivity contribution < 1.29 is 27.5 Å². The number of benzene rings is 1. The SMILES string of the molecule is CCOC(=O)CN(CC1CC1)C(=O)c1cccc(S(=O)(=O)N2CCNC(=O)C2)c1. The van der Waals surface area contributed by atoms with Crippen LogP contribution in [0.3, 0.4) is 0 Å². The standard InChI is InChI=1S/C19H25N3O6S/c1-2-28-18(24)13-21(11-14-6-7-14)19(25)15-4-3-5-16(10-15)29(26,27)22-9-8-20-17(23)12-22/h3-5,10,14H,2,6-9,11-13H2,1H3,(H,20,23). The summed E-state index contributed by atoms with van der Waals surface area (Å²) in [4.78, 5) is 37.8. The molecule has 0 radical (unpaired) electrons. The molecule has 2 fully saturated rings. The Hall–Kier alpha value is -2.46. The Morgan fingerprint density at radius 1 is 1.31 bits per heavy atom. The number of esters is 1. The van der Waals surface area contributed by atoms with Crippen LogP contribution < -0.4 is 5.32 Å². The molecule has 1 heterocycles. The summed E-state index contributed by atoms with van der Waals surface area (Å²) >= 11 is 0. The van der Waals surface area contributed by atoms with Crippen LogP contribution >= 0.6 is 0 Å². The lowest BCUT2D eigenvalue weighted by Gasteiger charge is -2.26. The summed E-state index contributed by atoms with van der Waals surface area (Å²) < 4.78 is 31.8. The van der Waals surface area contributed by atoms with Crippen LogP contribution in [0.4, 0.5) is 0 Å². The molecule has 2 aliphatic rings. The Morgan fingerprint density at radius 3 is 2.72 bits per heavy atom. The number of ether oxygens (including phenoxy) is 1. The minimum atomic E-state index is -3.91. The van der Waals surface area contributed by atoms with Gasteiger partial charge in [-0.3, -0.25) is 14.4 Å². The lowest BCUT2D eigenvalue weighted by atomic mass is 10.2. The molecule has 0 aromatic heterocycles. The minimum Gasteiger partial charge on any atom is -0.465 e. The Labute approximate surface area is 170 Å².